The maximum absolute atomic E-state index is 5.42. The molecule has 2 rings (SSSR count). The molecule has 0 saturated carbocycles. The van der Waals surface area contributed by atoms with Crippen LogP contribution in [0.15, 0.2) is 36.4 Å². The van der Waals surface area contributed by atoms with Crippen molar-refractivity contribution in [2.75, 3.05) is 28.4 Å². The summed E-state index contributed by atoms with van der Waals surface area (Å²) in [6.07, 6.45) is 0. The minimum absolute atomic E-state index is 0.665. The summed E-state index contributed by atoms with van der Waals surface area (Å²) in [5.74, 6) is 2.84. The molecule has 4 heteroatoms. The lowest BCUT2D eigenvalue weighted by Gasteiger charge is -2.15. The van der Waals surface area contributed by atoms with Crippen molar-refractivity contribution >= 4 is 0 Å². The van der Waals surface area contributed by atoms with Gasteiger partial charge < -0.3 is 18.9 Å². The molecule has 0 aliphatic rings. The Bertz CT molecular complexity index is 571. The van der Waals surface area contributed by atoms with Crippen molar-refractivity contribution in [1.29, 1.82) is 0 Å². The Balaban J connectivity index is 2.61. The first-order chi connectivity index (χ1) is 9.74. The van der Waals surface area contributed by atoms with Gasteiger partial charge in [-0.1, -0.05) is 12.1 Å². The van der Waals surface area contributed by atoms with Gasteiger partial charge in [0.2, 0.25) is 0 Å². The predicted molar refractivity (Wildman–Crippen MR) is 78.1 cm³/mol. The van der Waals surface area contributed by atoms with Gasteiger partial charge in [0.15, 0.2) is 11.5 Å². The van der Waals surface area contributed by atoms with E-state index < -0.39 is 0 Å². The van der Waals surface area contributed by atoms with Crippen LogP contribution in [0.2, 0.25) is 0 Å². The van der Waals surface area contributed by atoms with Crippen molar-refractivity contribution in [3.8, 4) is 34.1 Å². The van der Waals surface area contributed by atoms with Gasteiger partial charge in [-0.2, -0.15) is 0 Å². The molecule has 0 N–H and O–H groups in total. The van der Waals surface area contributed by atoms with Gasteiger partial charge in [0, 0.05) is 0 Å². The second kappa shape index (κ2) is 6.19. The molecule has 0 aliphatic heterocycles. The van der Waals surface area contributed by atoms with Gasteiger partial charge in [-0.25, -0.2) is 0 Å². The fraction of sp³-hybridized carbons (Fsp3) is 0.250. The van der Waals surface area contributed by atoms with Crippen LogP contribution in [0, 0.1) is 0 Å². The fourth-order valence-electron chi connectivity index (χ4n) is 2.13. The Morgan fingerprint density at radius 2 is 1.15 bits per heavy atom. The molecule has 0 saturated heterocycles. The Morgan fingerprint density at radius 3 is 1.65 bits per heavy atom. The maximum Gasteiger partial charge on any atom is 0.161 e. The van der Waals surface area contributed by atoms with E-state index in [1.54, 1.807) is 28.4 Å². The van der Waals surface area contributed by atoms with E-state index in [-0.39, 0.29) is 0 Å². The van der Waals surface area contributed by atoms with E-state index in [9.17, 15) is 0 Å². The van der Waals surface area contributed by atoms with Gasteiger partial charge in [-0.15, -0.1) is 0 Å². The molecule has 0 unspecified atom stereocenters. The molecular formula is C16H18O4. The number of ether oxygens (including phenoxy) is 4. The van der Waals surface area contributed by atoms with Gasteiger partial charge in [0.05, 0.1) is 34.0 Å². The van der Waals surface area contributed by atoms with Crippen molar-refractivity contribution < 1.29 is 18.9 Å². The highest BCUT2D eigenvalue weighted by molar-refractivity contribution is 5.78. The molecule has 4 nitrogen and oxygen atoms in total. The molecular weight excluding hydrogens is 256 g/mol. The molecule has 0 bridgehead atoms. The molecule has 0 amide bonds. The summed E-state index contributed by atoms with van der Waals surface area (Å²) >= 11 is 0. The molecule has 0 fully saturated rings. The Kier molecular flexibility index (Phi) is 4.35. The Labute approximate surface area is 118 Å². The van der Waals surface area contributed by atoms with Crippen LogP contribution in [0.4, 0.5) is 0 Å². The molecule has 0 heterocycles. The summed E-state index contributed by atoms with van der Waals surface area (Å²) in [6.45, 7) is 0. The molecule has 0 spiro atoms. The second-order valence-electron chi connectivity index (χ2n) is 4.11. The molecule has 0 aliphatic carbocycles. The van der Waals surface area contributed by atoms with Crippen LogP contribution in [-0.4, -0.2) is 28.4 Å². The van der Waals surface area contributed by atoms with E-state index in [1.807, 2.05) is 36.4 Å². The fourth-order valence-corrected chi connectivity index (χ4v) is 2.13. The third kappa shape index (κ3) is 2.50. The Hall–Kier alpha value is -2.36. The molecule has 106 valence electrons. The van der Waals surface area contributed by atoms with E-state index >= 15 is 0 Å². The second-order valence-corrected chi connectivity index (χ2v) is 4.11. The summed E-state index contributed by atoms with van der Waals surface area (Å²) in [6, 6.07) is 11.4. The quantitative estimate of drug-likeness (QED) is 0.837. The van der Waals surface area contributed by atoms with Crippen LogP contribution in [0.3, 0.4) is 0 Å². The summed E-state index contributed by atoms with van der Waals surface area (Å²) in [5.41, 5.74) is 1.83. The van der Waals surface area contributed by atoms with Crippen molar-refractivity contribution in [3.63, 3.8) is 0 Å². The first kappa shape index (κ1) is 14.1. The monoisotopic (exact) mass is 274 g/mol. The number of rotatable bonds is 5. The van der Waals surface area contributed by atoms with Gasteiger partial charge in [-0.3, -0.25) is 0 Å². The lowest BCUT2D eigenvalue weighted by atomic mass is 10.0. The van der Waals surface area contributed by atoms with Gasteiger partial charge >= 0.3 is 0 Å². The van der Waals surface area contributed by atoms with Crippen LogP contribution < -0.4 is 18.9 Å². The lowest BCUT2D eigenvalue weighted by Crippen LogP contribution is -1.95. The first-order valence-corrected chi connectivity index (χ1v) is 6.18. The van der Waals surface area contributed by atoms with Crippen molar-refractivity contribution in [2.24, 2.45) is 0 Å². The zero-order chi connectivity index (χ0) is 14.5. The van der Waals surface area contributed by atoms with Crippen molar-refractivity contribution in [2.45, 2.75) is 0 Å². The average molecular weight is 274 g/mol. The van der Waals surface area contributed by atoms with Crippen molar-refractivity contribution in [3.05, 3.63) is 36.4 Å². The van der Waals surface area contributed by atoms with E-state index in [2.05, 4.69) is 0 Å². The minimum Gasteiger partial charge on any atom is -0.496 e. The van der Waals surface area contributed by atoms with Crippen LogP contribution in [0.1, 0.15) is 0 Å². The zero-order valence-electron chi connectivity index (χ0n) is 12.1. The highest BCUT2D eigenvalue weighted by atomic mass is 16.5. The van der Waals surface area contributed by atoms with E-state index in [4.69, 9.17) is 18.9 Å². The zero-order valence-corrected chi connectivity index (χ0v) is 12.1. The van der Waals surface area contributed by atoms with Crippen molar-refractivity contribution in [1.82, 2.24) is 0 Å². The molecule has 2 aromatic rings. The van der Waals surface area contributed by atoms with E-state index in [0.717, 1.165) is 22.6 Å². The smallest absolute Gasteiger partial charge is 0.161 e. The van der Waals surface area contributed by atoms with Crippen LogP contribution >= 0.6 is 0 Å². The topological polar surface area (TPSA) is 36.9 Å². The average Bonchev–Trinajstić information content (AvgIpc) is 2.53. The van der Waals surface area contributed by atoms with Gasteiger partial charge in [0.1, 0.15) is 11.5 Å². The van der Waals surface area contributed by atoms with Crippen LogP contribution in [0.25, 0.3) is 11.1 Å². The van der Waals surface area contributed by atoms with Gasteiger partial charge in [0.25, 0.3) is 0 Å². The molecule has 0 atom stereocenters. The van der Waals surface area contributed by atoms with Crippen LogP contribution in [-0.2, 0) is 0 Å². The maximum atomic E-state index is 5.42. The summed E-state index contributed by atoms with van der Waals surface area (Å²) in [4.78, 5) is 0. The SMILES string of the molecule is COc1ccc(-c2c(OC)cccc2OC)cc1OC. The number of benzene rings is 2. The normalized spacial score (nSPS) is 10.0. The van der Waals surface area contributed by atoms with E-state index in [0.29, 0.717) is 11.5 Å². The largest absolute Gasteiger partial charge is 0.496 e. The number of hydrogen-bond acceptors (Lipinski definition) is 4. The third-order valence-electron chi connectivity index (χ3n) is 3.10. The summed E-state index contributed by atoms with van der Waals surface area (Å²) in [7, 11) is 6.50. The highest BCUT2D eigenvalue weighted by Crippen LogP contribution is 2.41. The third-order valence-corrected chi connectivity index (χ3v) is 3.10. The van der Waals surface area contributed by atoms with E-state index in [1.165, 1.54) is 0 Å². The summed E-state index contributed by atoms with van der Waals surface area (Å²) < 4.78 is 21.4. The minimum atomic E-state index is 0.665. The highest BCUT2D eigenvalue weighted by Gasteiger charge is 2.14. The van der Waals surface area contributed by atoms with Crippen LogP contribution in [0.5, 0.6) is 23.0 Å². The predicted octanol–water partition coefficient (Wildman–Crippen LogP) is 3.39. The lowest BCUT2D eigenvalue weighted by molar-refractivity contribution is 0.355. The summed E-state index contributed by atoms with van der Waals surface area (Å²) in [5, 5.41) is 0. The standard InChI is InChI=1S/C16H18O4/c1-17-12-9-8-11(10-15(12)20-4)16-13(18-2)6-5-7-14(16)19-3/h5-10H,1-4H3. The molecule has 0 radical (unpaired) electrons. The molecule has 0 aromatic heterocycles. The van der Waals surface area contributed by atoms with Gasteiger partial charge in [-0.05, 0) is 29.8 Å². The first-order valence-electron chi connectivity index (χ1n) is 6.18. The molecule has 20 heavy (non-hydrogen) atoms. The molecule has 2 aromatic carbocycles. The Morgan fingerprint density at radius 1 is 0.600 bits per heavy atom. The number of hydrogen-bond donors (Lipinski definition) is 0. The number of methoxy groups -OCH3 is 4.